The standard InChI is InChI=1S/C16H31N3O2/c1-5-21-15(20)16(3,17)10-12(2)19-9-8-13-6-7-14(11-19)18(13)4/h12-14H,5-11,17H2,1-4H3. The van der Waals surface area contributed by atoms with Crippen LogP contribution in [-0.2, 0) is 9.53 Å². The summed E-state index contributed by atoms with van der Waals surface area (Å²) in [5.74, 6) is -0.287. The summed E-state index contributed by atoms with van der Waals surface area (Å²) in [4.78, 5) is 17.0. The van der Waals surface area contributed by atoms with Crippen LogP contribution >= 0.6 is 0 Å². The predicted octanol–water partition coefficient (Wildman–Crippen LogP) is 1.21. The first-order valence-electron chi connectivity index (χ1n) is 8.27. The zero-order valence-electron chi connectivity index (χ0n) is 14.0. The van der Waals surface area contributed by atoms with Gasteiger partial charge in [-0.05, 0) is 60.0 Å². The van der Waals surface area contributed by atoms with Crippen LogP contribution in [-0.4, -0.2) is 66.2 Å². The molecule has 0 aromatic heterocycles. The number of rotatable bonds is 5. The van der Waals surface area contributed by atoms with E-state index in [-0.39, 0.29) is 5.97 Å². The largest absolute Gasteiger partial charge is 0.465 e. The van der Waals surface area contributed by atoms with Gasteiger partial charge in [-0.1, -0.05) is 0 Å². The number of hydrogen-bond acceptors (Lipinski definition) is 5. The molecule has 0 spiro atoms. The van der Waals surface area contributed by atoms with Crippen molar-refractivity contribution >= 4 is 5.97 Å². The number of carbonyl (C=O) groups excluding carboxylic acids is 1. The van der Waals surface area contributed by atoms with Gasteiger partial charge >= 0.3 is 5.97 Å². The fourth-order valence-corrected chi connectivity index (χ4v) is 3.86. The van der Waals surface area contributed by atoms with E-state index in [9.17, 15) is 4.79 Å². The molecular formula is C16H31N3O2. The van der Waals surface area contributed by atoms with Gasteiger partial charge in [0.25, 0.3) is 0 Å². The van der Waals surface area contributed by atoms with Gasteiger partial charge in [0.15, 0.2) is 0 Å². The number of nitrogens with zero attached hydrogens (tertiary/aromatic N) is 2. The van der Waals surface area contributed by atoms with E-state index in [2.05, 4.69) is 23.8 Å². The second-order valence-electron chi connectivity index (χ2n) is 7.03. The first-order chi connectivity index (χ1) is 9.85. The molecule has 2 bridgehead atoms. The van der Waals surface area contributed by atoms with Crippen molar-refractivity contribution in [2.45, 2.75) is 70.1 Å². The van der Waals surface area contributed by atoms with Crippen molar-refractivity contribution < 1.29 is 9.53 Å². The molecule has 0 radical (unpaired) electrons. The van der Waals surface area contributed by atoms with Crippen molar-refractivity contribution in [3.8, 4) is 0 Å². The lowest BCUT2D eigenvalue weighted by Crippen LogP contribution is -2.52. The zero-order chi connectivity index (χ0) is 15.6. The van der Waals surface area contributed by atoms with Crippen molar-refractivity contribution in [1.82, 2.24) is 9.80 Å². The molecule has 2 saturated heterocycles. The van der Waals surface area contributed by atoms with E-state index in [1.807, 2.05) is 6.92 Å². The van der Waals surface area contributed by atoms with E-state index in [4.69, 9.17) is 10.5 Å². The minimum absolute atomic E-state index is 0.287. The van der Waals surface area contributed by atoms with Crippen LogP contribution in [0.5, 0.6) is 0 Å². The lowest BCUT2D eigenvalue weighted by Gasteiger charge is -2.35. The third-order valence-corrected chi connectivity index (χ3v) is 5.26. The van der Waals surface area contributed by atoms with E-state index >= 15 is 0 Å². The number of carbonyl (C=O) groups is 1. The summed E-state index contributed by atoms with van der Waals surface area (Å²) < 4.78 is 5.10. The summed E-state index contributed by atoms with van der Waals surface area (Å²) in [6.07, 6.45) is 4.49. The first-order valence-corrected chi connectivity index (χ1v) is 8.27. The Morgan fingerprint density at radius 1 is 1.38 bits per heavy atom. The third-order valence-electron chi connectivity index (χ3n) is 5.26. The van der Waals surface area contributed by atoms with E-state index in [0.29, 0.717) is 25.1 Å². The highest BCUT2D eigenvalue weighted by Crippen LogP contribution is 2.30. The van der Waals surface area contributed by atoms with Crippen LogP contribution in [0.4, 0.5) is 0 Å². The average Bonchev–Trinajstić information content (AvgIpc) is 2.62. The molecule has 2 N–H and O–H groups in total. The highest BCUT2D eigenvalue weighted by atomic mass is 16.5. The smallest absolute Gasteiger partial charge is 0.325 e. The monoisotopic (exact) mass is 297 g/mol. The Kier molecular flexibility index (Phi) is 5.28. The van der Waals surface area contributed by atoms with Gasteiger partial charge in [0.05, 0.1) is 6.61 Å². The van der Waals surface area contributed by atoms with Crippen LogP contribution < -0.4 is 5.73 Å². The molecule has 2 fully saturated rings. The second kappa shape index (κ2) is 6.63. The molecule has 2 rings (SSSR count). The Hall–Kier alpha value is -0.650. The molecule has 0 aromatic rings. The number of nitrogens with two attached hydrogens (primary N) is 1. The fourth-order valence-electron chi connectivity index (χ4n) is 3.86. The average molecular weight is 297 g/mol. The van der Waals surface area contributed by atoms with Crippen LogP contribution in [0.3, 0.4) is 0 Å². The lowest BCUT2D eigenvalue weighted by atomic mass is 9.93. The van der Waals surface area contributed by atoms with Crippen LogP contribution in [0, 0.1) is 0 Å². The SMILES string of the molecule is CCOC(=O)C(C)(N)CC(C)N1CCC2CCC(C1)N2C. The number of likely N-dealkylation sites (tertiary alicyclic amines) is 1. The normalized spacial score (nSPS) is 31.5. The third kappa shape index (κ3) is 3.76. The highest BCUT2D eigenvalue weighted by molar-refractivity contribution is 5.80. The van der Waals surface area contributed by atoms with Crippen molar-refractivity contribution in [2.24, 2.45) is 5.73 Å². The molecule has 2 heterocycles. The molecule has 21 heavy (non-hydrogen) atoms. The first kappa shape index (κ1) is 16.7. The van der Waals surface area contributed by atoms with E-state index in [1.165, 1.54) is 19.3 Å². The molecule has 0 amide bonds. The molecule has 4 atom stereocenters. The number of hydrogen-bond donors (Lipinski definition) is 1. The van der Waals surface area contributed by atoms with Gasteiger partial charge in [0.1, 0.15) is 5.54 Å². The Balaban J connectivity index is 1.94. The number of likely N-dealkylation sites (N-methyl/N-ethyl adjacent to an activating group) is 1. The Morgan fingerprint density at radius 3 is 2.71 bits per heavy atom. The quantitative estimate of drug-likeness (QED) is 0.773. The van der Waals surface area contributed by atoms with Crippen molar-refractivity contribution in [2.75, 3.05) is 26.7 Å². The van der Waals surface area contributed by atoms with Crippen molar-refractivity contribution in [3.63, 3.8) is 0 Å². The van der Waals surface area contributed by atoms with Crippen LogP contribution in [0.1, 0.15) is 46.5 Å². The summed E-state index contributed by atoms with van der Waals surface area (Å²) in [5.41, 5.74) is 5.29. The molecule has 2 aliphatic rings. The van der Waals surface area contributed by atoms with Gasteiger partial charge in [-0.15, -0.1) is 0 Å². The summed E-state index contributed by atoms with van der Waals surface area (Å²) in [6.45, 7) is 8.37. The molecule has 0 saturated carbocycles. The molecular weight excluding hydrogens is 266 g/mol. The maximum Gasteiger partial charge on any atom is 0.325 e. The Bertz CT molecular complexity index is 373. The van der Waals surface area contributed by atoms with Gasteiger partial charge in [-0.3, -0.25) is 14.6 Å². The topological polar surface area (TPSA) is 58.8 Å². The number of ether oxygens (including phenoxy) is 1. The number of fused-ring (bicyclic) bond motifs is 2. The van der Waals surface area contributed by atoms with Crippen molar-refractivity contribution in [3.05, 3.63) is 0 Å². The molecule has 122 valence electrons. The minimum atomic E-state index is -0.896. The molecule has 5 nitrogen and oxygen atoms in total. The van der Waals surface area contributed by atoms with Gasteiger partial charge in [0.2, 0.25) is 0 Å². The van der Waals surface area contributed by atoms with Gasteiger partial charge < -0.3 is 10.5 Å². The zero-order valence-corrected chi connectivity index (χ0v) is 14.0. The van der Waals surface area contributed by atoms with Crippen LogP contribution in [0.2, 0.25) is 0 Å². The Morgan fingerprint density at radius 2 is 2.05 bits per heavy atom. The fraction of sp³-hybridized carbons (Fsp3) is 0.938. The summed E-state index contributed by atoms with van der Waals surface area (Å²) in [7, 11) is 2.25. The minimum Gasteiger partial charge on any atom is -0.465 e. The van der Waals surface area contributed by atoms with Crippen molar-refractivity contribution in [1.29, 1.82) is 0 Å². The maximum absolute atomic E-state index is 12.0. The summed E-state index contributed by atoms with van der Waals surface area (Å²) in [5, 5.41) is 0. The van der Waals surface area contributed by atoms with Crippen LogP contribution in [0.25, 0.3) is 0 Å². The van der Waals surface area contributed by atoms with E-state index in [1.54, 1.807) is 6.92 Å². The molecule has 4 unspecified atom stereocenters. The van der Waals surface area contributed by atoms with E-state index < -0.39 is 5.54 Å². The Labute approximate surface area is 128 Å². The van der Waals surface area contributed by atoms with E-state index in [0.717, 1.165) is 19.1 Å². The molecule has 5 heteroatoms. The molecule has 2 aliphatic heterocycles. The second-order valence-corrected chi connectivity index (χ2v) is 7.03. The summed E-state index contributed by atoms with van der Waals surface area (Å²) in [6, 6.07) is 1.70. The molecule has 0 aliphatic carbocycles. The lowest BCUT2D eigenvalue weighted by molar-refractivity contribution is -0.149. The van der Waals surface area contributed by atoms with Gasteiger partial charge in [-0.2, -0.15) is 0 Å². The highest BCUT2D eigenvalue weighted by Gasteiger charge is 2.38. The van der Waals surface area contributed by atoms with Gasteiger partial charge in [0, 0.05) is 24.7 Å². The number of esters is 1. The molecule has 0 aromatic carbocycles. The van der Waals surface area contributed by atoms with Gasteiger partial charge in [-0.25, -0.2) is 0 Å². The maximum atomic E-state index is 12.0. The summed E-state index contributed by atoms with van der Waals surface area (Å²) >= 11 is 0. The predicted molar refractivity (Wildman–Crippen MR) is 84.1 cm³/mol. The van der Waals surface area contributed by atoms with Crippen LogP contribution in [0.15, 0.2) is 0 Å².